The molecule has 1 fully saturated rings. The van der Waals surface area contributed by atoms with E-state index in [0.717, 1.165) is 5.56 Å². The van der Waals surface area contributed by atoms with Gasteiger partial charge in [0.2, 0.25) is 10.0 Å². The Balaban J connectivity index is 2.34. The van der Waals surface area contributed by atoms with Crippen LogP contribution < -0.4 is 0 Å². The van der Waals surface area contributed by atoms with Crippen molar-refractivity contribution in [1.82, 2.24) is 4.31 Å². The molecule has 124 valence electrons. The van der Waals surface area contributed by atoms with Crippen LogP contribution >= 0.6 is 0 Å². The maximum Gasteiger partial charge on any atom is 0.243 e. The number of hydrogen-bond donors (Lipinski definition) is 1. The van der Waals surface area contributed by atoms with Gasteiger partial charge in [-0.05, 0) is 29.5 Å². The molecule has 0 saturated carbocycles. The SMILES string of the molecule is CN(C1(CO)CCOC1)S(=O)(=O)c1ccc(C(C)(C)C)cc1. The highest BCUT2D eigenvalue weighted by Gasteiger charge is 2.44. The number of aliphatic hydroxyl groups excluding tert-OH is 1. The fraction of sp³-hybridized carbons (Fsp3) is 0.625. The third-order valence-corrected chi connectivity index (χ3v) is 6.40. The standard InChI is InChI=1S/C16H25NO4S/c1-15(2,3)13-5-7-14(8-6-13)22(19,20)17(4)16(11-18)9-10-21-12-16/h5-8,18H,9-12H2,1-4H3. The summed E-state index contributed by atoms with van der Waals surface area (Å²) in [4.78, 5) is 0.239. The second-order valence-corrected chi connectivity index (χ2v) is 8.90. The van der Waals surface area contributed by atoms with E-state index in [-0.39, 0.29) is 23.5 Å². The van der Waals surface area contributed by atoms with Gasteiger partial charge in [0.25, 0.3) is 0 Å². The van der Waals surface area contributed by atoms with E-state index in [9.17, 15) is 13.5 Å². The molecule has 1 N–H and O–H groups in total. The number of benzene rings is 1. The molecule has 2 rings (SSSR count). The van der Waals surface area contributed by atoms with Crippen LogP contribution in [0.25, 0.3) is 0 Å². The number of likely N-dealkylation sites (N-methyl/N-ethyl adjacent to an activating group) is 1. The topological polar surface area (TPSA) is 66.8 Å². The first kappa shape index (κ1) is 17.4. The van der Waals surface area contributed by atoms with Gasteiger partial charge in [0.15, 0.2) is 0 Å². The van der Waals surface area contributed by atoms with Crippen molar-refractivity contribution in [2.24, 2.45) is 0 Å². The lowest BCUT2D eigenvalue weighted by molar-refractivity contribution is 0.0823. The zero-order chi connectivity index (χ0) is 16.6. The summed E-state index contributed by atoms with van der Waals surface area (Å²) in [5.74, 6) is 0. The lowest BCUT2D eigenvalue weighted by atomic mass is 9.87. The first-order chi connectivity index (χ1) is 10.1. The Morgan fingerprint density at radius 3 is 2.27 bits per heavy atom. The fourth-order valence-corrected chi connectivity index (χ4v) is 4.12. The number of hydrogen-bond acceptors (Lipinski definition) is 4. The van der Waals surface area contributed by atoms with E-state index in [1.54, 1.807) is 12.1 Å². The summed E-state index contributed by atoms with van der Waals surface area (Å²) in [6, 6.07) is 6.95. The van der Waals surface area contributed by atoms with Gasteiger partial charge in [-0.3, -0.25) is 0 Å². The Bertz CT molecular complexity index is 611. The van der Waals surface area contributed by atoms with E-state index in [2.05, 4.69) is 20.8 Å². The van der Waals surface area contributed by atoms with E-state index in [1.165, 1.54) is 11.4 Å². The normalized spacial score (nSPS) is 23.2. The van der Waals surface area contributed by atoms with Crippen LogP contribution in [0.1, 0.15) is 32.8 Å². The van der Waals surface area contributed by atoms with Gasteiger partial charge in [-0.15, -0.1) is 0 Å². The van der Waals surface area contributed by atoms with Gasteiger partial charge >= 0.3 is 0 Å². The number of ether oxygens (including phenoxy) is 1. The molecular formula is C16H25NO4S. The van der Waals surface area contributed by atoms with Crippen LogP contribution in [0.3, 0.4) is 0 Å². The second-order valence-electron chi connectivity index (χ2n) is 6.93. The van der Waals surface area contributed by atoms with Crippen LogP contribution in [0.5, 0.6) is 0 Å². The molecule has 0 aliphatic carbocycles. The first-order valence-corrected chi connectivity index (χ1v) is 8.86. The fourth-order valence-electron chi connectivity index (χ4n) is 2.61. The Kier molecular flexibility index (Phi) is 4.69. The van der Waals surface area contributed by atoms with Gasteiger partial charge in [-0.2, -0.15) is 4.31 Å². The van der Waals surface area contributed by atoms with Crippen molar-refractivity contribution < 1.29 is 18.3 Å². The third-order valence-electron chi connectivity index (χ3n) is 4.42. The molecule has 1 aromatic carbocycles. The summed E-state index contributed by atoms with van der Waals surface area (Å²) < 4.78 is 32.2. The lowest BCUT2D eigenvalue weighted by Crippen LogP contribution is -2.52. The van der Waals surface area contributed by atoms with Crippen molar-refractivity contribution in [2.45, 2.75) is 43.0 Å². The van der Waals surface area contributed by atoms with Crippen LogP contribution in [-0.4, -0.2) is 50.2 Å². The average Bonchev–Trinajstić information content (AvgIpc) is 2.95. The molecule has 0 bridgehead atoms. The van der Waals surface area contributed by atoms with E-state index in [4.69, 9.17) is 4.74 Å². The van der Waals surface area contributed by atoms with Crippen LogP contribution in [0.15, 0.2) is 29.2 Å². The van der Waals surface area contributed by atoms with Crippen molar-refractivity contribution in [3.63, 3.8) is 0 Å². The highest BCUT2D eigenvalue weighted by molar-refractivity contribution is 7.89. The average molecular weight is 327 g/mol. The molecule has 1 atom stereocenters. The molecular weight excluding hydrogens is 302 g/mol. The summed E-state index contributed by atoms with van der Waals surface area (Å²) >= 11 is 0. The molecule has 22 heavy (non-hydrogen) atoms. The third kappa shape index (κ3) is 3.06. The predicted octanol–water partition coefficient (Wildman–Crippen LogP) is 1.76. The summed E-state index contributed by atoms with van der Waals surface area (Å²) in [7, 11) is -2.15. The van der Waals surface area contributed by atoms with Crippen molar-refractivity contribution in [2.75, 3.05) is 26.9 Å². The van der Waals surface area contributed by atoms with Crippen molar-refractivity contribution in [3.05, 3.63) is 29.8 Å². The van der Waals surface area contributed by atoms with Crippen molar-refractivity contribution in [1.29, 1.82) is 0 Å². The Morgan fingerprint density at radius 1 is 1.27 bits per heavy atom. The molecule has 1 aromatic rings. The number of rotatable bonds is 4. The first-order valence-electron chi connectivity index (χ1n) is 7.42. The minimum atomic E-state index is -3.66. The second kappa shape index (κ2) is 5.92. The molecule has 0 aromatic heterocycles. The summed E-state index contributed by atoms with van der Waals surface area (Å²) in [6.45, 7) is 6.68. The minimum Gasteiger partial charge on any atom is -0.394 e. The van der Waals surface area contributed by atoms with Gasteiger partial charge in [0.05, 0.1) is 23.6 Å². The Morgan fingerprint density at radius 2 is 1.86 bits per heavy atom. The molecule has 1 aliphatic rings. The van der Waals surface area contributed by atoms with Gasteiger partial charge in [-0.25, -0.2) is 8.42 Å². The van der Waals surface area contributed by atoms with E-state index < -0.39 is 15.6 Å². The molecule has 1 aliphatic heterocycles. The van der Waals surface area contributed by atoms with E-state index in [0.29, 0.717) is 13.0 Å². The zero-order valence-electron chi connectivity index (χ0n) is 13.7. The molecule has 6 heteroatoms. The highest BCUT2D eigenvalue weighted by atomic mass is 32.2. The molecule has 1 heterocycles. The summed E-state index contributed by atoms with van der Waals surface area (Å²) in [5.41, 5.74) is 0.191. The molecule has 0 spiro atoms. The maximum atomic E-state index is 12.8. The van der Waals surface area contributed by atoms with Gasteiger partial charge in [0.1, 0.15) is 0 Å². The van der Waals surface area contributed by atoms with Gasteiger partial charge in [0, 0.05) is 13.7 Å². The summed E-state index contributed by atoms with van der Waals surface area (Å²) in [5, 5.41) is 9.66. The number of sulfonamides is 1. The summed E-state index contributed by atoms with van der Waals surface area (Å²) in [6.07, 6.45) is 0.499. The lowest BCUT2D eigenvalue weighted by Gasteiger charge is -2.34. The van der Waals surface area contributed by atoms with Gasteiger partial charge < -0.3 is 9.84 Å². The molecule has 1 saturated heterocycles. The Hall–Kier alpha value is -0.950. The predicted molar refractivity (Wildman–Crippen MR) is 85.3 cm³/mol. The monoisotopic (exact) mass is 327 g/mol. The molecule has 0 amide bonds. The van der Waals surface area contributed by atoms with E-state index in [1.807, 2.05) is 12.1 Å². The van der Waals surface area contributed by atoms with Crippen molar-refractivity contribution >= 4 is 10.0 Å². The number of aliphatic hydroxyl groups is 1. The highest BCUT2D eigenvalue weighted by Crippen LogP contribution is 2.31. The molecule has 5 nitrogen and oxygen atoms in total. The molecule has 0 radical (unpaired) electrons. The Labute approximate surface area is 133 Å². The smallest absolute Gasteiger partial charge is 0.243 e. The number of nitrogens with zero attached hydrogens (tertiary/aromatic N) is 1. The van der Waals surface area contributed by atoms with Crippen LogP contribution in [-0.2, 0) is 20.2 Å². The van der Waals surface area contributed by atoms with Crippen LogP contribution in [0, 0.1) is 0 Å². The quantitative estimate of drug-likeness (QED) is 0.915. The van der Waals surface area contributed by atoms with Crippen molar-refractivity contribution in [3.8, 4) is 0 Å². The van der Waals surface area contributed by atoms with Gasteiger partial charge in [-0.1, -0.05) is 32.9 Å². The zero-order valence-corrected chi connectivity index (χ0v) is 14.5. The van der Waals surface area contributed by atoms with Crippen LogP contribution in [0.2, 0.25) is 0 Å². The molecule has 1 unspecified atom stereocenters. The largest absolute Gasteiger partial charge is 0.394 e. The minimum absolute atomic E-state index is 0.0280. The maximum absolute atomic E-state index is 12.8. The van der Waals surface area contributed by atoms with E-state index >= 15 is 0 Å². The van der Waals surface area contributed by atoms with Crippen LogP contribution in [0.4, 0.5) is 0 Å².